The largest absolute Gasteiger partial charge is 0.497 e. The first-order chi connectivity index (χ1) is 13.1. The Balaban J connectivity index is 1.47. The first-order valence-electron chi connectivity index (χ1n) is 8.29. The van der Waals surface area contributed by atoms with Gasteiger partial charge in [-0.3, -0.25) is 9.59 Å². The van der Waals surface area contributed by atoms with E-state index >= 15 is 0 Å². The quantitative estimate of drug-likeness (QED) is 0.461. The van der Waals surface area contributed by atoms with Gasteiger partial charge in [0.05, 0.1) is 13.3 Å². The predicted molar refractivity (Wildman–Crippen MR) is 99.4 cm³/mol. The summed E-state index contributed by atoms with van der Waals surface area (Å²) in [4.78, 5) is 23.7. The monoisotopic (exact) mass is 369 g/mol. The number of methoxy groups -OCH3 is 1. The maximum Gasteiger partial charge on any atom is 0.249 e. The molecule has 0 bridgehead atoms. The molecule has 2 N–H and O–H groups in total. The number of amides is 2. The Labute approximate surface area is 156 Å². The van der Waals surface area contributed by atoms with Crippen LogP contribution in [0.4, 0.5) is 5.69 Å². The van der Waals surface area contributed by atoms with Crippen LogP contribution in [-0.2, 0) is 9.59 Å². The molecule has 1 heterocycles. The number of carbonyl (C=O) groups is 2. The molecule has 0 spiro atoms. The van der Waals surface area contributed by atoms with Crippen LogP contribution in [0, 0.1) is 0 Å². The summed E-state index contributed by atoms with van der Waals surface area (Å²) in [5.74, 6) is 1.04. The number of fused-ring (bicyclic) bond motifs is 1. The van der Waals surface area contributed by atoms with E-state index < -0.39 is 11.8 Å². The number of carbonyl (C=O) groups excluding carboxylic acids is 2. The summed E-state index contributed by atoms with van der Waals surface area (Å²) in [7, 11) is 1.56. The van der Waals surface area contributed by atoms with Crippen molar-refractivity contribution in [2.45, 2.75) is 6.42 Å². The molecule has 0 radical (unpaired) electrons. The predicted octanol–water partition coefficient (Wildman–Crippen LogP) is 1.95. The number of nitrogens with zero attached hydrogens (tertiary/aromatic N) is 1. The van der Waals surface area contributed by atoms with Crippen LogP contribution in [0.15, 0.2) is 47.6 Å². The summed E-state index contributed by atoms with van der Waals surface area (Å²) < 4.78 is 16.0. The Morgan fingerprint density at radius 2 is 1.81 bits per heavy atom. The van der Waals surface area contributed by atoms with E-state index in [-0.39, 0.29) is 6.42 Å². The molecule has 1 aliphatic heterocycles. The normalized spacial score (nSPS) is 12.5. The van der Waals surface area contributed by atoms with Crippen LogP contribution >= 0.6 is 0 Å². The van der Waals surface area contributed by atoms with Gasteiger partial charge in [-0.05, 0) is 48.0 Å². The molecule has 0 atom stereocenters. The number of rotatable bonds is 6. The second-order valence-corrected chi connectivity index (χ2v) is 5.65. The van der Waals surface area contributed by atoms with Gasteiger partial charge >= 0.3 is 0 Å². The Kier molecular flexibility index (Phi) is 5.88. The Morgan fingerprint density at radius 3 is 2.56 bits per heavy atom. The van der Waals surface area contributed by atoms with Gasteiger partial charge in [-0.15, -0.1) is 0 Å². The molecular weight excluding hydrogens is 350 g/mol. The van der Waals surface area contributed by atoms with Gasteiger partial charge in [0.1, 0.15) is 25.4 Å². The lowest BCUT2D eigenvalue weighted by Crippen LogP contribution is -2.24. The second-order valence-electron chi connectivity index (χ2n) is 5.65. The van der Waals surface area contributed by atoms with E-state index in [1.165, 1.54) is 6.21 Å². The van der Waals surface area contributed by atoms with Crippen molar-refractivity contribution >= 4 is 23.7 Å². The Morgan fingerprint density at radius 1 is 1.07 bits per heavy atom. The average molecular weight is 369 g/mol. The van der Waals surface area contributed by atoms with Crippen LogP contribution in [0.1, 0.15) is 12.0 Å². The second kappa shape index (κ2) is 8.70. The van der Waals surface area contributed by atoms with Gasteiger partial charge in [-0.25, -0.2) is 5.43 Å². The van der Waals surface area contributed by atoms with E-state index in [1.807, 2.05) is 0 Å². The minimum atomic E-state index is -0.519. The van der Waals surface area contributed by atoms with Crippen molar-refractivity contribution in [3.05, 3.63) is 48.0 Å². The van der Waals surface area contributed by atoms with Crippen LogP contribution < -0.4 is 25.0 Å². The summed E-state index contributed by atoms with van der Waals surface area (Å²) in [6, 6.07) is 12.1. The molecule has 2 aromatic carbocycles. The Bertz CT molecular complexity index is 849. The SMILES string of the molecule is COc1ccc(NC(=O)CC(=O)N/N=C/c2ccc3c(c2)OCCO3)cc1. The summed E-state index contributed by atoms with van der Waals surface area (Å²) in [6.45, 7) is 1.02. The van der Waals surface area contributed by atoms with Crippen LogP contribution in [0.5, 0.6) is 17.2 Å². The highest BCUT2D eigenvalue weighted by atomic mass is 16.6. The van der Waals surface area contributed by atoms with Gasteiger partial charge in [0, 0.05) is 5.69 Å². The van der Waals surface area contributed by atoms with Crippen LogP contribution in [-0.4, -0.2) is 38.4 Å². The third kappa shape index (κ3) is 5.21. The fourth-order valence-electron chi connectivity index (χ4n) is 2.38. The summed E-state index contributed by atoms with van der Waals surface area (Å²) in [5.41, 5.74) is 3.64. The first kappa shape index (κ1) is 18.2. The molecule has 0 unspecified atom stereocenters. The van der Waals surface area contributed by atoms with Gasteiger partial charge < -0.3 is 19.5 Å². The maximum atomic E-state index is 11.9. The molecule has 0 saturated carbocycles. The van der Waals surface area contributed by atoms with E-state index in [4.69, 9.17) is 14.2 Å². The number of hydrogen-bond acceptors (Lipinski definition) is 6. The number of benzene rings is 2. The van der Waals surface area contributed by atoms with Crippen LogP contribution in [0.25, 0.3) is 0 Å². The fourth-order valence-corrected chi connectivity index (χ4v) is 2.38. The molecule has 2 amide bonds. The molecule has 0 aromatic heterocycles. The lowest BCUT2D eigenvalue weighted by atomic mass is 10.2. The standard InChI is InChI=1S/C19H19N3O5/c1-25-15-5-3-14(4-6-15)21-18(23)11-19(24)22-20-12-13-2-7-16-17(10-13)27-9-8-26-16/h2-7,10,12H,8-9,11H2,1H3,(H,21,23)(H,22,24)/b20-12+. The lowest BCUT2D eigenvalue weighted by Gasteiger charge is -2.18. The number of nitrogens with one attached hydrogen (secondary N) is 2. The van der Waals surface area contributed by atoms with E-state index in [9.17, 15) is 9.59 Å². The van der Waals surface area contributed by atoms with Gasteiger partial charge in [0.2, 0.25) is 11.8 Å². The lowest BCUT2D eigenvalue weighted by molar-refractivity contribution is -0.126. The highest BCUT2D eigenvalue weighted by Gasteiger charge is 2.11. The summed E-state index contributed by atoms with van der Waals surface area (Å²) >= 11 is 0. The van der Waals surface area contributed by atoms with Gasteiger partial charge in [0.15, 0.2) is 11.5 Å². The minimum absolute atomic E-state index is 0.343. The molecule has 8 nitrogen and oxygen atoms in total. The van der Waals surface area contributed by atoms with Crippen molar-refractivity contribution in [2.75, 3.05) is 25.6 Å². The van der Waals surface area contributed by atoms with Crippen molar-refractivity contribution in [1.82, 2.24) is 5.43 Å². The summed E-state index contributed by atoms with van der Waals surface area (Å²) in [5, 5.41) is 6.48. The van der Waals surface area contributed by atoms with E-state index in [0.29, 0.717) is 36.1 Å². The van der Waals surface area contributed by atoms with E-state index in [0.717, 1.165) is 5.56 Å². The highest BCUT2D eigenvalue weighted by molar-refractivity contribution is 6.03. The molecular formula is C19H19N3O5. The number of anilines is 1. The van der Waals surface area contributed by atoms with Crippen LogP contribution in [0.2, 0.25) is 0 Å². The van der Waals surface area contributed by atoms with Crippen LogP contribution in [0.3, 0.4) is 0 Å². The zero-order chi connectivity index (χ0) is 19.1. The van der Waals surface area contributed by atoms with Crippen molar-refractivity contribution in [1.29, 1.82) is 0 Å². The third-order valence-corrected chi connectivity index (χ3v) is 3.66. The van der Waals surface area contributed by atoms with E-state index in [1.54, 1.807) is 49.6 Å². The molecule has 3 rings (SSSR count). The topological polar surface area (TPSA) is 98.2 Å². The van der Waals surface area contributed by atoms with Gasteiger partial charge in [0.25, 0.3) is 0 Å². The zero-order valence-electron chi connectivity index (χ0n) is 14.7. The molecule has 2 aromatic rings. The summed E-state index contributed by atoms with van der Waals surface area (Å²) in [6.07, 6.45) is 1.13. The number of ether oxygens (including phenoxy) is 3. The average Bonchev–Trinajstić information content (AvgIpc) is 2.68. The number of hydrazone groups is 1. The molecule has 140 valence electrons. The first-order valence-corrected chi connectivity index (χ1v) is 8.29. The van der Waals surface area contributed by atoms with Crippen molar-refractivity contribution in [3.8, 4) is 17.2 Å². The molecule has 0 fully saturated rings. The van der Waals surface area contributed by atoms with E-state index in [2.05, 4.69) is 15.8 Å². The highest BCUT2D eigenvalue weighted by Crippen LogP contribution is 2.30. The molecule has 0 aliphatic carbocycles. The zero-order valence-corrected chi connectivity index (χ0v) is 14.7. The molecule has 27 heavy (non-hydrogen) atoms. The number of hydrogen-bond donors (Lipinski definition) is 2. The van der Waals surface area contributed by atoms with Crippen molar-refractivity contribution in [3.63, 3.8) is 0 Å². The Hall–Kier alpha value is -3.55. The third-order valence-electron chi connectivity index (χ3n) is 3.66. The molecule has 8 heteroatoms. The molecule has 1 aliphatic rings. The minimum Gasteiger partial charge on any atom is -0.497 e. The smallest absolute Gasteiger partial charge is 0.249 e. The molecule has 0 saturated heterocycles. The van der Waals surface area contributed by atoms with Crippen molar-refractivity contribution < 1.29 is 23.8 Å². The fraction of sp³-hybridized carbons (Fsp3) is 0.211. The van der Waals surface area contributed by atoms with Crippen molar-refractivity contribution in [2.24, 2.45) is 5.10 Å². The maximum absolute atomic E-state index is 11.9. The van der Waals surface area contributed by atoms with Gasteiger partial charge in [-0.1, -0.05) is 0 Å². The van der Waals surface area contributed by atoms with Gasteiger partial charge in [-0.2, -0.15) is 5.10 Å².